The van der Waals surface area contributed by atoms with Gasteiger partial charge in [-0.15, -0.1) is 12.3 Å². The average molecular weight is 166 g/mol. The fraction of sp³-hybridized carbons (Fsp3) is 0.700. The van der Waals surface area contributed by atoms with Gasteiger partial charge in [0.1, 0.15) is 0 Å². The third-order valence-corrected chi connectivity index (χ3v) is 2.62. The van der Waals surface area contributed by atoms with E-state index in [4.69, 9.17) is 11.2 Å². The Labute approximate surface area is 73.3 Å². The Bertz CT molecular complexity index is 206. The smallest absolute Gasteiger partial charge is 0.312 e. The van der Waals surface area contributed by atoms with Gasteiger partial charge in [-0.05, 0) is 12.8 Å². The van der Waals surface area contributed by atoms with Gasteiger partial charge in [-0.2, -0.15) is 0 Å². The third kappa shape index (κ3) is 1.45. The van der Waals surface area contributed by atoms with Gasteiger partial charge < -0.3 is 4.74 Å². The first-order chi connectivity index (χ1) is 5.75. The highest BCUT2D eigenvalue weighted by Gasteiger charge is 2.41. The molecule has 12 heavy (non-hydrogen) atoms. The van der Waals surface area contributed by atoms with Crippen LogP contribution in [0.15, 0.2) is 0 Å². The Morgan fingerprint density at radius 1 is 1.58 bits per heavy atom. The minimum atomic E-state index is -0.344. The van der Waals surface area contributed by atoms with Gasteiger partial charge in [0, 0.05) is 6.42 Å². The molecule has 0 aromatic heterocycles. The van der Waals surface area contributed by atoms with Crippen molar-refractivity contribution in [3.63, 3.8) is 0 Å². The number of methoxy groups -OCH3 is 1. The number of hydrogen-bond donors (Lipinski definition) is 0. The van der Waals surface area contributed by atoms with Gasteiger partial charge in [0.2, 0.25) is 0 Å². The molecule has 1 rings (SSSR count). The largest absolute Gasteiger partial charge is 0.469 e. The predicted molar refractivity (Wildman–Crippen MR) is 46.4 cm³/mol. The van der Waals surface area contributed by atoms with E-state index in [1.165, 1.54) is 7.11 Å². The molecule has 0 atom stereocenters. The second-order valence-corrected chi connectivity index (χ2v) is 3.36. The number of terminal acetylenes is 1. The highest BCUT2D eigenvalue weighted by Crippen LogP contribution is 2.41. The van der Waals surface area contributed by atoms with Crippen LogP contribution in [0, 0.1) is 17.8 Å². The van der Waals surface area contributed by atoms with Crippen LogP contribution >= 0.6 is 0 Å². The summed E-state index contributed by atoms with van der Waals surface area (Å²) in [5, 5.41) is 0. The van der Waals surface area contributed by atoms with Gasteiger partial charge in [-0.1, -0.05) is 12.8 Å². The van der Waals surface area contributed by atoms with Gasteiger partial charge in [0.25, 0.3) is 0 Å². The van der Waals surface area contributed by atoms with Crippen molar-refractivity contribution < 1.29 is 9.53 Å². The van der Waals surface area contributed by atoms with Crippen molar-refractivity contribution >= 4 is 5.97 Å². The Hall–Kier alpha value is -0.970. The van der Waals surface area contributed by atoms with E-state index in [-0.39, 0.29) is 11.4 Å². The number of carbonyl (C=O) groups is 1. The molecule has 0 spiro atoms. The minimum Gasteiger partial charge on any atom is -0.469 e. The minimum absolute atomic E-state index is 0.127. The van der Waals surface area contributed by atoms with E-state index in [0.717, 1.165) is 25.7 Å². The van der Waals surface area contributed by atoms with Crippen molar-refractivity contribution in [2.75, 3.05) is 7.11 Å². The van der Waals surface area contributed by atoms with E-state index >= 15 is 0 Å². The molecule has 1 aliphatic carbocycles. The zero-order valence-electron chi connectivity index (χ0n) is 7.43. The summed E-state index contributed by atoms with van der Waals surface area (Å²) in [4.78, 5) is 11.4. The zero-order valence-corrected chi connectivity index (χ0v) is 7.43. The van der Waals surface area contributed by atoms with Gasteiger partial charge in [0.15, 0.2) is 0 Å². The Morgan fingerprint density at radius 2 is 2.17 bits per heavy atom. The average Bonchev–Trinajstić information content (AvgIpc) is 2.53. The van der Waals surface area contributed by atoms with Crippen LogP contribution in [-0.2, 0) is 9.53 Å². The summed E-state index contributed by atoms with van der Waals surface area (Å²) >= 11 is 0. The Kier molecular flexibility index (Phi) is 2.75. The number of rotatable bonds is 2. The summed E-state index contributed by atoms with van der Waals surface area (Å²) in [5.74, 6) is 2.44. The van der Waals surface area contributed by atoms with Crippen LogP contribution in [0.2, 0.25) is 0 Å². The van der Waals surface area contributed by atoms with E-state index in [1.807, 2.05) is 0 Å². The molecule has 0 N–H and O–H groups in total. The van der Waals surface area contributed by atoms with Crippen LogP contribution in [-0.4, -0.2) is 13.1 Å². The molecule has 0 unspecified atom stereocenters. The van der Waals surface area contributed by atoms with Crippen LogP contribution < -0.4 is 0 Å². The van der Waals surface area contributed by atoms with Gasteiger partial charge >= 0.3 is 5.97 Å². The van der Waals surface area contributed by atoms with Gasteiger partial charge in [-0.25, -0.2) is 0 Å². The van der Waals surface area contributed by atoms with Crippen molar-refractivity contribution in [3.05, 3.63) is 0 Å². The fourth-order valence-electron chi connectivity index (χ4n) is 1.92. The second kappa shape index (κ2) is 3.62. The molecule has 1 fully saturated rings. The molecule has 0 heterocycles. The Morgan fingerprint density at radius 3 is 2.58 bits per heavy atom. The molecular formula is C10H14O2. The summed E-state index contributed by atoms with van der Waals surface area (Å²) in [6, 6.07) is 0. The molecule has 0 aromatic carbocycles. The van der Waals surface area contributed by atoms with Crippen LogP contribution in [0.25, 0.3) is 0 Å². The van der Waals surface area contributed by atoms with E-state index in [1.54, 1.807) is 0 Å². The quantitative estimate of drug-likeness (QED) is 0.461. The lowest BCUT2D eigenvalue weighted by atomic mass is 9.83. The van der Waals surface area contributed by atoms with Crippen molar-refractivity contribution in [1.82, 2.24) is 0 Å². The topological polar surface area (TPSA) is 26.3 Å². The number of hydrogen-bond acceptors (Lipinski definition) is 2. The van der Waals surface area contributed by atoms with Crippen LogP contribution in [0.1, 0.15) is 32.1 Å². The first-order valence-corrected chi connectivity index (χ1v) is 4.27. The summed E-state index contributed by atoms with van der Waals surface area (Å²) in [6.07, 6.45) is 9.73. The highest BCUT2D eigenvalue weighted by atomic mass is 16.5. The number of carbonyl (C=O) groups excluding carboxylic acids is 1. The molecule has 1 saturated carbocycles. The molecule has 0 aliphatic heterocycles. The van der Waals surface area contributed by atoms with Crippen molar-refractivity contribution in [1.29, 1.82) is 0 Å². The molecule has 66 valence electrons. The maximum Gasteiger partial charge on any atom is 0.312 e. The van der Waals surface area contributed by atoms with Crippen LogP contribution in [0.4, 0.5) is 0 Å². The molecule has 2 heteroatoms. The van der Waals surface area contributed by atoms with E-state index in [0.29, 0.717) is 6.42 Å². The van der Waals surface area contributed by atoms with E-state index in [2.05, 4.69) is 5.92 Å². The zero-order chi connectivity index (χ0) is 9.03. The molecule has 2 nitrogen and oxygen atoms in total. The molecule has 1 aliphatic rings. The van der Waals surface area contributed by atoms with Gasteiger partial charge in [0.05, 0.1) is 12.5 Å². The van der Waals surface area contributed by atoms with E-state index < -0.39 is 0 Å². The lowest BCUT2D eigenvalue weighted by molar-refractivity contribution is -0.152. The van der Waals surface area contributed by atoms with E-state index in [9.17, 15) is 4.79 Å². The number of ether oxygens (including phenoxy) is 1. The maximum atomic E-state index is 11.4. The molecule has 0 saturated heterocycles. The molecule has 0 aromatic rings. The predicted octanol–water partition coefficient (Wildman–Crippen LogP) is 1.74. The first kappa shape index (κ1) is 9.12. The highest BCUT2D eigenvalue weighted by molar-refractivity contribution is 5.77. The lowest BCUT2D eigenvalue weighted by Crippen LogP contribution is -2.28. The molecule has 0 bridgehead atoms. The van der Waals surface area contributed by atoms with Crippen LogP contribution in [0.3, 0.4) is 0 Å². The van der Waals surface area contributed by atoms with Crippen LogP contribution in [0.5, 0.6) is 0 Å². The third-order valence-electron chi connectivity index (χ3n) is 2.62. The van der Waals surface area contributed by atoms with Crippen molar-refractivity contribution in [3.8, 4) is 12.3 Å². The van der Waals surface area contributed by atoms with Crippen molar-refractivity contribution in [2.45, 2.75) is 32.1 Å². The molecule has 0 amide bonds. The van der Waals surface area contributed by atoms with Crippen molar-refractivity contribution in [2.24, 2.45) is 5.41 Å². The number of esters is 1. The lowest BCUT2D eigenvalue weighted by Gasteiger charge is -2.22. The second-order valence-electron chi connectivity index (χ2n) is 3.36. The summed E-state index contributed by atoms with van der Waals surface area (Å²) in [7, 11) is 1.43. The monoisotopic (exact) mass is 166 g/mol. The molecule has 0 radical (unpaired) electrons. The normalized spacial score (nSPS) is 20.0. The molecular weight excluding hydrogens is 152 g/mol. The Balaban J connectivity index is 2.72. The van der Waals surface area contributed by atoms with Gasteiger partial charge in [-0.3, -0.25) is 4.79 Å². The summed E-state index contributed by atoms with van der Waals surface area (Å²) in [6.45, 7) is 0. The fourth-order valence-corrected chi connectivity index (χ4v) is 1.92. The summed E-state index contributed by atoms with van der Waals surface area (Å²) in [5.41, 5.74) is -0.344. The maximum absolute atomic E-state index is 11.4. The SMILES string of the molecule is C#CCC1(C(=O)OC)CCCC1. The standard InChI is InChI=1S/C10H14O2/c1-3-6-10(9(11)12-2)7-4-5-8-10/h1H,4-8H2,2H3. The summed E-state index contributed by atoms with van der Waals surface area (Å²) < 4.78 is 4.76. The first-order valence-electron chi connectivity index (χ1n) is 4.27.